The van der Waals surface area contributed by atoms with Crippen molar-refractivity contribution in [2.45, 2.75) is 30.7 Å². The van der Waals surface area contributed by atoms with Crippen LogP contribution in [0.4, 0.5) is 5.69 Å². The first-order chi connectivity index (χ1) is 14.2. The van der Waals surface area contributed by atoms with Gasteiger partial charge in [-0.25, -0.2) is 8.42 Å². The van der Waals surface area contributed by atoms with Gasteiger partial charge in [0.2, 0.25) is 5.91 Å². The molecule has 2 aromatic carbocycles. The Morgan fingerprint density at radius 1 is 1.23 bits per heavy atom. The van der Waals surface area contributed by atoms with Gasteiger partial charge in [0, 0.05) is 12.7 Å². The molecule has 9 heteroatoms. The third-order valence-electron chi connectivity index (χ3n) is 4.58. The van der Waals surface area contributed by atoms with E-state index in [4.69, 9.17) is 9.47 Å². The zero-order valence-electron chi connectivity index (χ0n) is 16.8. The van der Waals surface area contributed by atoms with Gasteiger partial charge in [0.05, 0.1) is 23.2 Å². The van der Waals surface area contributed by atoms with Crippen molar-refractivity contribution in [3.8, 4) is 11.5 Å². The van der Waals surface area contributed by atoms with Crippen LogP contribution in [0.1, 0.15) is 31.4 Å². The van der Waals surface area contributed by atoms with E-state index in [2.05, 4.69) is 10.6 Å². The normalized spacial score (nSPS) is 14.1. The van der Waals surface area contributed by atoms with Crippen LogP contribution in [-0.2, 0) is 19.4 Å². The van der Waals surface area contributed by atoms with Crippen LogP contribution < -0.4 is 20.1 Å². The number of anilines is 1. The van der Waals surface area contributed by atoms with Crippen molar-refractivity contribution in [3.63, 3.8) is 0 Å². The number of rotatable bonds is 8. The Balaban J connectivity index is 1.43. The molecule has 8 nitrogen and oxygen atoms in total. The second-order valence-corrected chi connectivity index (χ2v) is 9.09. The average molecular weight is 432 g/mol. The molecule has 30 heavy (non-hydrogen) atoms. The van der Waals surface area contributed by atoms with Crippen LogP contribution >= 0.6 is 0 Å². The van der Waals surface area contributed by atoms with Crippen LogP contribution in [0.15, 0.2) is 47.4 Å². The minimum atomic E-state index is -3.23. The quantitative estimate of drug-likeness (QED) is 0.620. The third kappa shape index (κ3) is 5.73. The number of carbonyl (C=O) groups excluding carboxylic acids is 2. The summed E-state index contributed by atoms with van der Waals surface area (Å²) in [6, 6.07) is 11.4. The molecular formula is C21H24N2O6S. The van der Waals surface area contributed by atoms with Gasteiger partial charge in [-0.2, -0.15) is 0 Å². The van der Waals surface area contributed by atoms with Crippen LogP contribution in [0.5, 0.6) is 11.5 Å². The molecule has 0 bridgehead atoms. The topological polar surface area (TPSA) is 111 Å². The number of fused-ring (bicyclic) bond motifs is 1. The van der Waals surface area contributed by atoms with Gasteiger partial charge in [-0.3, -0.25) is 9.59 Å². The van der Waals surface area contributed by atoms with Crippen LogP contribution in [-0.4, -0.2) is 39.7 Å². The average Bonchev–Trinajstić information content (AvgIpc) is 2.70. The number of hydrogen-bond acceptors (Lipinski definition) is 6. The Morgan fingerprint density at radius 3 is 2.67 bits per heavy atom. The Labute approximate surface area is 175 Å². The number of ether oxygens (including phenoxy) is 2. The molecule has 2 N–H and O–H groups in total. The van der Waals surface area contributed by atoms with E-state index in [0.29, 0.717) is 30.2 Å². The van der Waals surface area contributed by atoms with Gasteiger partial charge in [-0.15, -0.1) is 0 Å². The van der Waals surface area contributed by atoms with E-state index in [1.54, 1.807) is 24.3 Å². The molecule has 0 radical (unpaired) electrons. The molecule has 160 valence electrons. The first-order valence-electron chi connectivity index (χ1n) is 9.51. The predicted molar refractivity (Wildman–Crippen MR) is 111 cm³/mol. The fourth-order valence-electron chi connectivity index (χ4n) is 2.97. The molecule has 0 fully saturated rings. The van der Waals surface area contributed by atoms with Gasteiger partial charge >= 0.3 is 0 Å². The lowest BCUT2D eigenvalue weighted by atomic mass is 10.1. The minimum Gasteiger partial charge on any atom is -0.494 e. The highest BCUT2D eigenvalue weighted by molar-refractivity contribution is 7.90. The summed E-state index contributed by atoms with van der Waals surface area (Å²) in [6.07, 6.45) is 1.95. The van der Waals surface area contributed by atoms with Crippen molar-refractivity contribution in [1.82, 2.24) is 5.32 Å². The number of sulfone groups is 1. The maximum atomic E-state index is 12.2. The smallest absolute Gasteiger partial charge is 0.262 e. The summed E-state index contributed by atoms with van der Waals surface area (Å²) in [5.74, 6) is 0.840. The molecular weight excluding hydrogens is 408 g/mol. The number of nitrogens with one attached hydrogen (secondary N) is 2. The van der Waals surface area contributed by atoms with Gasteiger partial charge in [0.15, 0.2) is 16.4 Å². The molecule has 1 aliphatic rings. The molecule has 0 spiro atoms. The Hall–Kier alpha value is -3.07. The molecule has 2 amide bonds. The van der Waals surface area contributed by atoms with Crippen molar-refractivity contribution >= 4 is 27.3 Å². The number of hydrogen-bond donors (Lipinski definition) is 2. The molecule has 0 saturated heterocycles. The SMILES string of the molecule is CC(NC(=O)CCCOc1ccc(S(C)(=O)=O)cc1)c1ccc2c(c1)NC(=O)CO2. The van der Waals surface area contributed by atoms with Crippen LogP contribution in [0.25, 0.3) is 0 Å². The molecule has 3 rings (SSSR count). The molecule has 2 aromatic rings. The van der Waals surface area contributed by atoms with E-state index in [-0.39, 0.29) is 35.8 Å². The molecule has 1 atom stereocenters. The van der Waals surface area contributed by atoms with Crippen molar-refractivity contribution in [2.24, 2.45) is 0 Å². The molecule has 0 aliphatic carbocycles. The highest BCUT2D eigenvalue weighted by Crippen LogP contribution is 2.30. The lowest BCUT2D eigenvalue weighted by Crippen LogP contribution is -2.28. The lowest BCUT2D eigenvalue weighted by molar-refractivity contribution is -0.122. The van der Waals surface area contributed by atoms with Crippen LogP contribution in [0, 0.1) is 0 Å². The second-order valence-electron chi connectivity index (χ2n) is 7.08. The van der Waals surface area contributed by atoms with E-state index in [0.717, 1.165) is 11.8 Å². The number of carbonyl (C=O) groups is 2. The monoisotopic (exact) mass is 432 g/mol. The Bertz CT molecular complexity index is 1030. The summed E-state index contributed by atoms with van der Waals surface area (Å²) >= 11 is 0. The number of benzene rings is 2. The standard InChI is InChI=1S/C21H24N2O6S/c1-14(15-5-10-19-18(12-15)23-21(25)13-29-19)22-20(24)4-3-11-28-16-6-8-17(9-7-16)30(2,26)27/h5-10,12,14H,3-4,11,13H2,1-2H3,(H,22,24)(H,23,25). The fourth-order valence-corrected chi connectivity index (χ4v) is 3.60. The molecule has 1 aliphatic heterocycles. The summed E-state index contributed by atoms with van der Waals surface area (Å²) in [5, 5.41) is 5.67. The largest absolute Gasteiger partial charge is 0.494 e. The van der Waals surface area contributed by atoms with E-state index >= 15 is 0 Å². The van der Waals surface area contributed by atoms with Gasteiger partial charge in [0.1, 0.15) is 11.5 Å². The van der Waals surface area contributed by atoms with Gasteiger partial charge in [-0.1, -0.05) is 6.07 Å². The highest BCUT2D eigenvalue weighted by Gasteiger charge is 2.18. The minimum absolute atomic E-state index is 0.00253. The fraction of sp³-hybridized carbons (Fsp3) is 0.333. The Kier molecular flexibility index (Phi) is 6.61. The van der Waals surface area contributed by atoms with E-state index in [9.17, 15) is 18.0 Å². The second kappa shape index (κ2) is 9.17. The lowest BCUT2D eigenvalue weighted by Gasteiger charge is -2.21. The zero-order valence-corrected chi connectivity index (χ0v) is 17.6. The highest BCUT2D eigenvalue weighted by atomic mass is 32.2. The molecule has 0 aromatic heterocycles. The number of amides is 2. The summed E-state index contributed by atoms with van der Waals surface area (Å²) < 4.78 is 33.8. The Morgan fingerprint density at radius 2 is 1.97 bits per heavy atom. The predicted octanol–water partition coefficient (Wildman–Crippen LogP) is 2.46. The summed E-state index contributed by atoms with van der Waals surface area (Å²) in [4.78, 5) is 23.9. The van der Waals surface area contributed by atoms with Crippen molar-refractivity contribution < 1.29 is 27.5 Å². The first-order valence-corrected chi connectivity index (χ1v) is 11.4. The summed E-state index contributed by atoms with van der Waals surface area (Å²) in [7, 11) is -3.23. The van der Waals surface area contributed by atoms with Gasteiger partial charge in [-0.05, 0) is 55.3 Å². The van der Waals surface area contributed by atoms with Crippen LogP contribution in [0.3, 0.4) is 0 Å². The van der Waals surface area contributed by atoms with Crippen molar-refractivity contribution in [2.75, 3.05) is 24.8 Å². The molecule has 1 unspecified atom stereocenters. The maximum absolute atomic E-state index is 12.2. The van der Waals surface area contributed by atoms with Gasteiger partial charge in [0.25, 0.3) is 5.91 Å². The van der Waals surface area contributed by atoms with E-state index in [1.165, 1.54) is 12.1 Å². The summed E-state index contributed by atoms with van der Waals surface area (Å²) in [5.41, 5.74) is 1.45. The third-order valence-corrected chi connectivity index (χ3v) is 5.71. The zero-order chi connectivity index (χ0) is 21.7. The van der Waals surface area contributed by atoms with Crippen molar-refractivity contribution in [1.29, 1.82) is 0 Å². The van der Waals surface area contributed by atoms with Crippen molar-refractivity contribution in [3.05, 3.63) is 48.0 Å². The van der Waals surface area contributed by atoms with Gasteiger partial charge < -0.3 is 20.1 Å². The maximum Gasteiger partial charge on any atom is 0.262 e. The van der Waals surface area contributed by atoms with E-state index in [1.807, 2.05) is 13.0 Å². The molecule has 0 saturated carbocycles. The first kappa shape index (κ1) is 21.6. The van der Waals surface area contributed by atoms with E-state index < -0.39 is 9.84 Å². The van der Waals surface area contributed by atoms with Crippen LogP contribution in [0.2, 0.25) is 0 Å². The molecule has 1 heterocycles. The summed E-state index contributed by atoms with van der Waals surface area (Å²) in [6.45, 7) is 2.20.